The normalized spacial score (nSPS) is 32.3. The van der Waals surface area contributed by atoms with E-state index in [-0.39, 0.29) is 0 Å². The zero-order chi connectivity index (χ0) is 9.97. The van der Waals surface area contributed by atoms with E-state index >= 15 is 0 Å². The van der Waals surface area contributed by atoms with Crippen LogP contribution in [0.5, 0.6) is 0 Å². The molecular formula is C12H20N2. The number of hydrogen-bond acceptors (Lipinski definition) is 1. The summed E-state index contributed by atoms with van der Waals surface area (Å²) in [7, 11) is 0. The minimum atomic E-state index is 0.716. The second kappa shape index (κ2) is 4.18. The van der Waals surface area contributed by atoms with Gasteiger partial charge in [0.25, 0.3) is 0 Å². The molecule has 1 fully saturated rings. The van der Waals surface area contributed by atoms with Gasteiger partial charge >= 0.3 is 0 Å². The molecule has 1 aromatic heterocycles. The molecule has 1 heterocycles. The van der Waals surface area contributed by atoms with Gasteiger partial charge in [-0.15, -0.1) is 0 Å². The van der Waals surface area contributed by atoms with Gasteiger partial charge in [0.05, 0.1) is 0 Å². The van der Waals surface area contributed by atoms with Gasteiger partial charge in [-0.2, -0.15) is 0 Å². The summed E-state index contributed by atoms with van der Waals surface area (Å²) in [4.78, 5) is 3.22. The predicted octanol–water partition coefficient (Wildman–Crippen LogP) is 2.54. The molecule has 3 atom stereocenters. The van der Waals surface area contributed by atoms with Crippen LogP contribution in [0, 0.1) is 11.8 Å². The number of H-pyrrole nitrogens is 1. The van der Waals surface area contributed by atoms with Crippen LogP contribution in [0.15, 0.2) is 18.3 Å². The largest absolute Gasteiger partial charge is 0.364 e. The topological polar surface area (TPSA) is 27.8 Å². The Hall–Kier alpha value is -0.760. The van der Waals surface area contributed by atoms with Gasteiger partial charge in [-0.1, -0.05) is 13.8 Å². The maximum atomic E-state index is 3.63. The first-order chi connectivity index (χ1) is 6.77. The lowest BCUT2D eigenvalue weighted by Gasteiger charge is -2.19. The van der Waals surface area contributed by atoms with Crippen molar-refractivity contribution in [3.8, 4) is 0 Å². The lowest BCUT2D eigenvalue weighted by molar-refractivity contribution is 0.369. The average molecular weight is 192 g/mol. The maximum Gasteiger partial charge on any atom is 0.0359 e. The first-order valence-corrected chi connectivity index (χ1v) is 5.63. The Morgan fingerprint density at radius 3 is 2.86 bits per heavy atom. The molecular weight excluding hydrogens is 172 g/mol. The molecule has 3 unspecified atom stereocenters. The van der Waals surface area contributed by atoms with Crippen LogP contribution < -0.4 is 5.32 Å². The van der Waals surface area contributed by atoms with Crippen molar-refractivity contribution in [2.24, 2.45) is 11.8 Å². The van der Waals surface area contributed by atoms with Crippen molar-refractivity contribution in [1.82, 2.24) is 10.3 Å². The Kier molecular flexibility index (Phi) is 2.92. The summed E-state index contributed by atoms with van der Waals surface area (Å²) < 4.78 is 0. The van der Waals surface area contributed by atoms with Crippen molar-refractivity contribution in [1.29, 1.82) is 0 Å². The van der Waals surface area contributed by atoms with Crippen LogP contribution in [0.2, 0.25) is 0 Å². The molecule has 0 amide bonds. The molecule has 0 bridgehead atoms. The zero-order valence-corrected chi connectivity index (χ0v) is 9.09. The lowest BCUT2D eigenvalue weighted by Crippen LogP contribution is -2.31. The van der Waals surface area contributed by atoms with Gasteiger partial charge in [-0.3, -0.25) is 0 Å². The van der Waals surface area contributed by atoms with Crippen LogP contribution in [0.25, 0.3) is 0 Å². The van der Waals surface area contributed by atoms with E-state index in [4.69, 9.17) is 0 Å². The Balaban J connectivity index is 1.81. The molecule has 0 aromatic carbocycles. The van der Waals surface area contributed by atoms with Crippen molar-refractivity contribution >= 4 is 0 Å². The molecule has 1 aliphatic carbocycles. The van der Waals surface area contributed by atoms with Crippen LogP contribution in [0.3, 0.4) is 0 Å². The van der Waals surface area contributed by atoms with Crippen LogP contribution in [0.1, 0.15) is 32.4 Å². The standard InChI is InChI=1S/C12H20N2/c1-9-5-6-12(10(9)2)14-8-11-4-3-7-13-11/h3-4,7,9-10,12-14H,5-6,8H2,1-2H3. The summed E-state index contributed by atoms with van der Waals surface area (Å²) in [5, 5.41) is 3.63. The molecule has 78 valence electrons. The summed E-state index contributed by atoms with van der Waals surface area (Å²) in [6.45, 7) is 5.71. The summed E-state index contributed by atoms with van der Waals surface area (Å²) in [6, 6.07) is 4.90. The van der Waals surface area contributed by atoms with Gasteiger partial charge in [0.2, 0.25) is 0 Å². The number of rotatable bonds is 3. The molecule has 14 heavy (non-hydrogen) atoms. The molecule has 2 N–H and O–H groups in total. The quantitative estimate of drug-likeness (QED) is 0.756. The highest BCUT2D eigenvalue weighted by atomic mass is 14.9. The van der Waals surface area contributed by atoms with Crippen LogP contribution in [-0.2, 0) is 6.54 Å². The average Bonchev–Trinajstić information content (AvgIpc) is 2.77. The summed E-state index contributed by atoms with van der Waals surface area (Å²) in [5.41, 5.74) is 1.29. The number of aromatic nitrogens is 1. The Labute approximate surface area is 86.1 Å². The fourth-order valence-corrected chi connectivity index (χ4v) is 2.37. The van der Waals surface area contributed by atoms with E-state index in [0.717, 1.165) is 18.4 Å². The molecule has 1 aliphatic rings. The monoisotopic (exact) mass is 192 g/mol. The fraction of sp³-hybridized carbons (Fsp3) is 0.667. The van der Waals surface area contributed by atoms with E-state index in [1.165, 1.54) is 18.5 Å². The molecule has 1 saturated carbocycles. The second-order valence-corrected chi connectivity index (χ2v) is 4.60. The molecule has 0 saturated heterocycles. The zero-order valence-electron chi connectivity index (χ0n) is 9.09. The van der Waals surface area contributed by atoms with E-state index in [1.54, 1.807) is 0 Å². The number of nitrogens with one attached hydrogen (secondary N) is 2. The van der Waals surface area contributed by atoms with E-state index < -0.39 is 0 Å². The van der Waals surface area contributed by atoms with Gasteiger partial charge in [0.15, 0.2) is 0 Å². The predicted molar refractivity (Wildman–Crippen MR) is 59.0 cm³/mol. The lowest BCUT2D eigenvalue weighted by atomic mass is 9.98. The minimum absolute atomic E-state index is 0.716. The smallest absolute Gasteiger partial charge is 0.0359 e. The minimum Gasteiger partial charge on any atom is -0.364 e. The molecule has 2 heteroatoms. The van der Waals surface area contributed by atoms with Crippen molar-refractivity contribution < 1.29 is 0 Å². The van der Waals surface area contributed by atoms with E-state index in [1.807, 2.05) is 6.20 Å². The third-order valence-electron chi connectivity index (χ3n) is 3.68. The van der Waals surface area contributed by atoms with Crippen molar-refractivity contribution in [3.05, 3.63) is 24.0 Å². The van der Waals surface area contributed by atoms with E-state index in [0.29, 0.717) is 6.04 Å². The second-order valence-electron chi connectivity index (χ2n) is 4.60. The van der Waals surface area contributed by atoms with Crippen molar-refractivity contribution in [2.75, 3.05) is 0 Å². The fourth-order valence-electron chi connectivity index (χ4n) is 2.37. The highest BCUT2D eigenvalue weighted by molar-refractivity contribution is 5.03. The van der Waals surface area contributed by atoms with Gasteiger partial charge in [-0.25, -0.2) is 0 Å². The highest BCUT2D eigenvalue weighted by Gasteiger charge is 2.28. The van der Waals surface area contributed by atoms with Gasteiger partial charge in [-0.05, 0) is 36.8 Å². The highest BCUT2D eigenvalue weighted by Crippen LogP contribution is 2.31. The van der Waals surface area contributed by atoms with E-state index in [9.17, 15) is 0 Å². The molecule has 1 aromatic rings. The van der Waals surface area contributed by atoms with Crippen LogP contribution in [-0.4, -0.2) is 11.0 Å². The molecule has 2 nitrogen and oxygen atoms in total. The third-order valence-corrected chi connectivity index (χ3v) is 3.68. The molecule has 0 aliphatic heterocycles. The summed E-state index contributed by atoms with van der Waals surface area (Å²) in [5.74, 6) is 1.71. The van der Waals surface area contributed by atoms with Crippen LogP contribution >= 0.6 is 0 Å². The third kappa shape index (κ3) is 2.01. The number of aromatic amines is 1. The summed E-state index contributed by atoms with van der Waals surface area (Å²) in [6.07, 6.45) is 4.70. The molecule has 0 radical (unpaired) electrons. The van der Waals surface area contributed by atoms with Crippen LogP contribution in [0.4, 0.5) is 0 Å². The van der Waals surface area contributed by atoms with Gasteiger partial charge < -0.3 is 10.3 Å². The molecule has 0 spiro atoms. The van der Waals surface area contributed by atoms with Gasteiger partial charge in [0, 0.05) is 24.5 Å². The van der Waals surface area contributed by atoms with Crippen molar-refractivity contribution in [2.45, 2.75) is 39.3 Å². The summed E-state index contributed by atoms with van der Waals surface area (Å²) >= 11 is 0. The Morgan fingerprint density at radius 1 is 1.43 bits per heavy atom. The number of hydrogen-bond donors (Lipinski definition) is 2. The molecule has 2 rings (SSSR count). The first-order valence-electron chi connectivity index (χ1n) is 5.63. The first kappa shape index (κ1) is 9.78. The van der Waals surface area contributed by atoms with E-state index in [2.05, 4.69) is 36.3 Å². The Morgan fingerprint density at radius 2 is 2.29 bits per heavy atom. The maximum absolute atomic E-state index is 3.63. The van der Waals surface area contributed by atoms with Crippen molar-refractivity contribution in [3.63, 3.8) is 0 Å². The Bertz CT molecular complexity index is 266. The van der Waals surface area contributed by atoms with Gasteiger partial charge in [0.1, 0.15) is 0 Å². The SMILES string of the molecule is CC1CCC(NCc2ccc[nH]2)C1C.